The number of hydrogen-bond acceptors (Lipinski definition) is 3. The van der Waals surface area contributed by atoms with Crippen molar-refractivity contribution in [2.45, 2.75) is 32.1 Å². The summed E-state index contributed by atoms with van der Waals surface area (Å²) in [6, 6.07) is 9.91. The van der Waals surface area contributed by atoms with Gasteiger partial charge in [-0.05, 0) is 31.0 Å². The molecule has 1 aromatic carbocycles. The Morgan fingerprint density at radius 3 is 2.50 bits per heavy atom. The summed E-state index contributed by atoms with van der Waals surface area (Å²) in [6.07, 6.45) is 5.84. The predicted molar refractivity (Wildman–Crippen MR) is 86.5 cm³/mol. The molecule has 22 heavy (non-hydrogen) atoms. The fourth-order valence-corrected chi connectivity index (χ4v) is 3.56. The lowest BCUT2D eigenvalue weighted by Gasteiger charge is -2.38. The molecule has 0 atom stereocenters. The van der Waals surface area contributed by atoms with Crippen LogP contribution in [0.15, 0.2) is 24.3 Å². The van der Waals surface area contributed by atoms with Crippen LogP contribution < -0.4 is 4.90 Å². The molecule has 0 N–H and O–H groups in total. The molecule has 0 radical (unpaired) electrons. The molecule has 0 spiro atoms. The van der Waals surface area contributed by atoms with Crippen molar-refractivity contribution in [3.63, 3.8) is 0 Å². The Balaban J connectivity index is 1.57. The van der Waals surface area contributed by atoms with E-state index in [0.29, 0.717) is 11.5 Å². The number of benzene rings is 1. The molecule has 1 amide bonds. The number of rotatable bonds is 2. The Morgan fingerprint density at radius 2 is 1.82 bits per heavy atom. The molecule has 2 aliphatic rings. The van der Waals surface area contributed by atoms with Gasteiger partial charge in [-0.25, -0.2) is 0 Å². The lowest BCUT2D eigenvalue weighted by molar-refractivity contribution is -0.136. The van der Waals surface area contributed by atoms with Crippen molar-refractivity contribution >= 4 is 11.6 Å². The third-order valence-electron chi connectivity index (χ3n) is 4.89. The van der Waals surface area contributed by atoms with Crippen molar-refractivity contribution in [1.29, 1.82) is 5.26 Å². The van der Waals surface area contributed by atoms with Crippen molar-refractivity contribution in [3.8, 4) is 6.07 Å². The minimum absolute atomic E-state index is 0.266. The molecule has 3 rings (SSSR count). The van der Waals surface area contributed by atoms with E-state index in [0.717, 1.165) is 44.7 Å². The summed E-state index contributed by atoms with van der Waals surface area (Å²) >= 11 is 0. The van der Waals surface area contributed by atoms with E-state index in [-0.39, 0.29) is 5.92 Å². The van der Waals surface area contributed by atoms with Crippen LogP contribution >= 0.6 is 0 Å². The maximum Gasteiger partial charge on any atom is 0.225 e. The molecule has 1 aliphatic carbocycles. The van der Waals surface area contributed by atoms with Gasteiger partial charge in [0.05, 0.1) is 11.6 Å². The van der Waals surface area contributed by atoms with Crippen molar-refractivity contribution in [1.82, 2.24) is 4.90 Å². The van der Waals surface area contributed by atoms with Crippen molar-refractivity contribution < 1.29 is 4.79 Å². The molecule has 1 heterocycles. The standard InChI is InChI=1S/C18H23N3O/c19-14-15-5-4-8-17(13-15)20-9-11-21(12-10-20)18(22)16-6-2-1-3-7-16/h4-5,8,13,16H,1-3,6-7,9-12H2. The van der Waals surface area contributed by atoms with Crippen molar-refractivity contribution in [2.75, 3.05) is 31.1 Å². The fourth-order valence-electron chi connectivity index (χ4n) is 3.56. The van der Waals surface area contributed by atoms with Gasteiger partial charge in [-0.2, -0.15) is 5.26 Å². The summed E-state index contributed by atoms with van der Waals surface area (Å²) in [5.41, 5.74) is 1.78. The van der Waals surface area contributed by atoms with Gasteiger partial charge in [0.25, 0.3) is 0 Å². The highest BCUT2D eigenvalue weighted by Gasteiger charge is 2.28. The molecule has 1 saturated carbocycles. The van der Waals surface area contributed by atoms with Gasteiger partial charge in [-0.3, -0.25) is 4.79 Å². The van der Waals surface area contributed by atoms with E-state index < -0.39 is 0 Å². The smallest absolute Gasteiger partial charge is 0.225 e. The van der Waals surface area contributed by atoms with Crippen molar-refractivity contribution in [3.05, 3.63) is 29.8 Å². The van der Waals surface area contributed by atoms with E-state index in [1.54, 1.807) is 0 Å². The van der Waals surface area contributed by atoms with Crippen LogP contribution in [-0.2, 0) is 4.79 Å². The molecule has 4 heteroatoms. The topological polar surface area (TPSA) is 47.3 Å². The van der Waals surface area contributed by atoms with Crippen LogP contribution in [0, 0.1) is 17.2 Å². The minimum Gasteiger partial charge on any atom is -0.368 e. The average Bonchev–Trinajstić information content (AvgIpc) is 2.62. The number of hydrogen-bond donors (Lipinski definition) is 0. The normalized spacial score (nSPS) is 19.8. The number of anilines is 1. The molecule has 0 unspecified atom stereocenters. The maximum atomic E-state index is 12.6. The summed E-state index contributed by atoms with van der Waals surface area (Å²) < 4.78 is 0. The lowest BCUT2D eigenvalue weighted by Crippen LogP contribution is -2.50. The van der Waals surface area contributed by atoms with E-state index in [2.05, 4.69) is 11.0 Å². The number of nitriles is 1. The van der Waals surface area contributed by atoms with Crippen LogP contribution in [0.4, 0.5) is 5.69 Å². The number of nitrogens with zero attached hydrogens (tertiary/aromatic N) is 3. The number of amides is 1. The molecular weight excluding hydrogens is 274 g/mol. The van der Waals surface area contributed by atoms with Crippen LogP contribution in [0.5, 0.6) is 0 Å². The Labute approximate surface area is 132 Å². The average molecular weight is 297 g/mol. The highest BCUT2D eigenvalue weighted by molar-refractivity contribution is 5.79. The zero-order valence-electron chi connectivity index (χ0n) is 13.0. The summed E-state index contributed by atoms with van der Waals surface area (Å²) in [5, 5.41) is 9.00. The first-order valence-corrected chi connectivity index (χ1v) is 8.32. The van der Waals surface area contributed by atoms with Crippen LogP contribution in [0.1, 0.15) is 37.7 Å². The molecule has 2 fully saturated rings. The van der Waals surface area contributed by atoms with E-state index in [1.807, 2.05) is 29.2 Å². The summed E-state index contributed by atoms with van der Waals surface area (Å²) in [7, 11) is 0. The fraction of sp³-hybridized carbons (Fsp3) is 0.556. The highest BCUT2D eigenvalue weighted by Crippen LogP contribution is 2.26. The van der Waals surface area contributed by atoms with E-state index in [9.17, 15) is 4.79 Å². The Hall–Kier alpha value is -2.02. The van der Waals surface area contributed by atoms with E-state index in [4.69, 9.17) is 5.26 Å². The molecule has 0 aromatic heterocycles. The predicted octanol–water partition coefficient (Wildman–Crippen LogP) is 2.79. The molecular formula is C18H23N3O. The molecule has 1 aliphatic heterocycles. The first kappa shape index (κ1) is 14.9. The quantitative estimate of drug-likeness (QED) is 0.843. The van der Waals surface area contributed by atoms with Gasteiger partial charge in [-0.1, -0.05) is 25.3 Å². The maximum absolute atomic E-state index is 12.6. The third-order valence-corrected chi connectivity index (χ3v) is 4.89. The van der Waals surface area contributed by atoms with E-state index >= 15 is 0 Å². The summed E-state index contributed by atoms with van der Waals surface area (Å²) in [4.78, 5) is 16.9. The first-order chi connectivity index (χ1) is 10.8. The molecule has 4 nitrogen and oxygen atoms in total. The van der Waals surface area contributed by atoms with Gasteiger partial charge in [0.15, 0.2) is 0 Å². The van der Waals surface area contributed by atoms with Gasteiger partial charge in [0, 0.05) is 37.8 Å². The van der Waals surface area contributed by atoms with Crippen LogP contribution in [0.3, 0.4) is 0 Å². The number of carbonyl (C=O) groups is 1. The van der Waals surface area contributed by atoms with Crippen LogP contribution in [0.2, 0.25) is 0 Å². The molecule has 1 aromatic rings. The Bertz CT molecular complexity index is 564. The summed E-state index contributed by atoms with van der Waals surface area (Å²) in [5.74, 6) is 0.632. The van der Waals surface area contributed by atoms with Gasteiger partial charge < -0.3 is 9.80 Å². The zero-order valence-corrected chi connectivity index (χ0v) is 13.0. The van der Waals surface area contributed by atoms with Crippen LogP contribution in [-0.4, -0.2) is 37.0 Å². The molecule has 1 saturated heterocycles. The second kappa shape index (κ2) is 6.83. The van der Waals surface area contributed by atoms with Gasteiger partial charge in [0.2, 0.25) is 5.91 Å². The van der Waals surface area contributed by atoms with Gasteiger partial charge in [0.1, 0.15) is 0 Å². The molecule has 0 bridgehead atoms. The molecule has 116 valence electrons. The SMILES string of the molecule is N#Cc1cccc(N2CCN(C(=O)C3CCCCC3)CC2)c1. The van der Waals surface area contributed by atoms with Crippen molar-refractivity contribution in [2.24, 2.45) is 5.92 Å². The second-order valence-electron chi connectivity index (χ2n) is 6.31. The Morgan fingerprint density at radius 1 is 1.09 bits per heavy atom. The summed E-state index contributed by atoms with van der Waals surface area (Å²) in [6.45, 7) is 3.30. The van der Waals surface area contributed by atoms with E-state index in [1.165, 1.54) is 19.3 Å². The van der Waals surface area contributed by atoms with Gasteiger partial charge >= 0.3 is 0 Å². The Kier molecular flexibility index (Phi) is 4.62. The monoisotopic (exact) mass is 297 g/mol. The number of carbonyl (C=O) groups excluding carboxylic acids is 1. The third kappa shape index (κ3) is 3.24. The zero-order chi connectivity index (χ0) is 15.4. The van der Waals surface area contributed by atoms with Gasteiger partial charge in [-0.15, -0.1) is 0 Å². The number of piperazine rings is 1. The lowest BCUT2D eigenvalue weighted by atomic mass is 9.88. The first-order valence-electron chi connectivity index (χ1n) is 8.32. The van der Waals surface area contributed by atoms with Crippen LogP contribution in [0.25, 0.3) is 0 Å². The highest BCUT2D eigenvalue weighted by atomic mass is 16.2. The second-order valence-corrected chi connectivity index (χ2v) is 6.31. The minimum atomic E-state index is 0.266. The largest absolute Gasteiger partial charge is 0.368 e.